The molecule has 1 aromatic carbocycles. The van der Waals surface area contributed by atoms with Crippen LogP contribution in [0.25, 0.3) is 0 Å². The lowest BCUT2D eigenvalue weighted by molar-refractivity contribution is -0.124. The molecule has 1 saturated carbocycles. The van der Waals surface area contributed by atoms with Crippen LogP contribution in [0.4, 0.5) is 0 Å². The average molecular weight is 246 g/mol. The molecule has 1 aliphatic carbocycles. The van der Waals surface area contributed by atoms with E-state index in [4.69, 9.17) is 5.73 Å². The molecule has 1 atom stereocenters. The van der Waals surface area contributed by atoms with Gasteiger partial charge in [0.1, 0.15) is 5.54 Å². The first-order valence-electron chi connectivity index (χ1n) is 6.75. The monoisotopic (exact) mass is 246 g/mol. The Hall–Kier alpha value is -1.35. The van der Waals surface area contributed by atoms with E-state index in [1.807, 2.05) is 37.3 Å². The van der Waals surface area contributed by atoms with E-state index in [2.05, 4.69) is 5.32 Å². The lowest BCUT2D eigenvalue weighted by atomic mass is 9.87. The molecule has 1 aliphatic rings. The Balaban J connectivity index is 2.09. The molecule has 2 rings (SSSR count). The molecule has 98 valence electrons. The largest absolute Gasteiger partial charge is 0.368 e. The number of carbonyl (C=O) groups excluding carboxylic acids is 1. The predicted molar refractivity (Wildman–Crippen MR) is 73.1 cm³/mol. The molecule has 3 nitrogen and oxygen atoms in total. The van der Waals surface area contributed by atoms with E-state index < -0.39 is 5.54 Å². The topological polar surface area (TPSA) is 55.1 Å². The van der Waals surface area contributed by atoms with Crippen LogP contribution in [-0.4, -0.2) is 18.0 Å². The van der Waals surface area contributed by atoms with Crippen molar-refractivity contribution in [3.63, 3.8) is 0 Å². The molecule has 0 aromatic heterocycles. The summed E-state index contributed by atoms with van der Waals surface area (Å²) in [5.41, 5.74) is 6.20. The van der Waals surface area contributed by atoms with Crippen molar-refractivity contribution in [2.75, 3.05) is 6.54 Å². The number of hydrogen-bond donors (Lipinski definition) is 2. The Morgan fingerprint density at radius 1 is 1.39 bits per heavy atom. The first-order valence-corrected chi connectivity index (χ1v) is 6.75. The van der Waals surface area contributed by atoms with Gasteiger partial charge in [-0.15, -0.1) is 0 Å². The normalized spacial score (nSPS) is 18.3. The van der Waals surface area contributed by atoms with Crippen LogP contribution in [0.1, 0.15) is 31.7 Å². The van der Waals surface area contributed by atoms with Crippen molar-refractivity contribution in [2.24, 2.45) is 11.7 Å². The first kappa shape index (κ1) is 13.1. The molecule has 18 heavy (non-hydrogen) atoms. The second-order valence-corrected chi connectivity index (χ2v) is 5.29. The molecule has 1 amide bonds. The maximum atomic E-state index is 11.8. The fourth-order valence-electron chi connectivity index (χ4n) is 2.27. The molecule has 0 spiro atoms. The van der Waals surface area contributed by atoms with Gasteiger partial charge in [-0.1, -0.05) is 37.3 Å². The van der Waals surface area contributed by atoms with Gasteiger partial charge in [-0.2, -0.15) is 0 Å². The Morgan fingerprint density at radius 2 is 2.06 bits per heavy atom. The standard InChI is InChI=1S/C15H22N2O/c1-2-15(14(16)18,17-11-13-8-9-13)10-12-6-4-3-5-7-12/h3-7,13,17H,2,8-11H2,1H3,(H2,16,18). The molecule has 1 aromatic rings. The van der Waals surface area contributed by atoms with Gasteiger partial charge < -0.3 is 11.1 Å². The number of amides is 1. The molecule has 0 saturated heterocycles. The predicted octanol–water partition coefficient (Wildman–Crippen LogP) is 1.86. The van der Waals surface area contributed by atoms with Crippen LogP contribution in [0.3, 0.4) is 0 Å². The van der Waals surface area contributed by atoms with Crippen molar-refractivity contribution >= 4 is 5.91 Å². The van der Waals surface area contributed by atoms with Crippen LogP contribution >= 0.6 is 0 Å². The minimum atomic E-state index is -0.593. The fourth-order valence-corrected chi connectivity index (χ4v) is 2.27. The number of nitrogens with two attached hydrogens (primary N) is 1. The van der Waals surface area contributed by atoms with E-state index in [0.717, 1.165) is 24.4 Å². The summed E-state index contributed by atoms with van der Waals surface area (Å²) in [6.07, 6.45) is 3.95. The molecular formula is C15H22N2O. The fraction of sp³-hybridized carbons (Fsp3) is 0.533. The third-order valence-electron chi connectivity index (χ3n) is 3.85. The van der Waals surface area contributed by atoms with Gasteiger partial charge in [-0.3, -0.25) is 4.79 Å². The molecular weight excluding hydrogens is 224 g/mol. The van der Waals surface area contributed by atoms with Crippen LogP contribution in [0.2, 0.25) is 0 Å². The van der Waals surface area contributed by atoms with Gasteiger partial charge in [0.05, 0.1) is 0 Å². The highest BCUT2D eigenvalue weighted by Gasteiger charge is 2.36. The van der Waals surface area contributed by atoms with Crippen LogP contribution in [0.15, 0.2) is 30.3 Å². The summed E-state index contributed by atoms with van der Waals surface area (Å²) in [6, 6.07) is 10.1. The van der Waals surface area contributed by atoms with Crippen molar-refractivity contribution in [1.82, 2.24) is 5.32 Å². The van der Waals surface area contributed by atoms with Gasteiger partial charge in [-0.05, 0) is 43.7 Å². The lowest BCUT2D eigenvalue weighted by Crippen LogP contribution is -2.57. The number of hydrogen-bond acceptors (Lipinski definition) is 2. The number of rotatable bonds is 7. The highest BCUT2D eigenvalue weighted by atomic mass is 16.1. The summed E-state index contributed by atoms with van der Waals surface area (Å²) in [5.74, 6) is 0.501. The Labute approximate surface area is 109 Å². The molecule has 0 heterocycles. The summed E-state index contributed by atoms with van der Waals surface area (Å²) >= 11 is 0. The summed E-state index contributed by atoms with van der Waals surface area (Å²) in [4.78, 5) is 11.8. The van der Waals surface area contributed by atoms with E-state index in [1.54, 1.807) is 0 Å². The van der Waals surface area contributed by atoms with Crippen LogP contribution < -0.4 is 11.1 Å². The average Bonchev–Trinajstić information content (AvgIpc) is 3.19. The van der Waals surface area contributed by atoms with Crippen molar-refractivity contribution in [2.45, 2.75) is 38.1 Å². The maximum absolute atomic E-state index is 11.8. The van der Waals surface area contributed by atoms with E-state index in [9.17, 15) is 4.79 Å². The molecule has 0 aliphatic heterocycles. The van der Waals surface area contributed by atoms with Crippen molar-refractivity contribution in [3.05, 3.63) is 35.9 Å². The highest BCUT2D eigenvalue weighted by Crippen LogP contribution is 2.29. The second kappa shape index (κ2) is 5.53. The van der Waals surface area contributed by atoms with Gasteiger partial charge in [0.15, 0.2) is 0 Å². The maximum Gasteiger partial charge on any atom is 0.238 e. The minimum Gasteiger partial charge on any atom is -0.368 e. The SMILES string of the molecule is CCC(Cc1ccccc1)(NCC1CC1)C(N)=O. The van der Waals surface area contributed by atoms with E-state index in [1.165, 1.54) is 12.8 Å². The molecule has 0 bridgehead atoms. The number of nitrogens with one attached hydrogen (secondary N) is 1. The Morgan fingerprint density at radius 3 is 2.56 bits per heavy atom. The van der Waals surface area contributed by atoms with Gasteiger partial charge in [0.2, 0.25) is 5.91 Å². The summed E-state index contributed by atoms with van der Waals surface area (Å²) < 4.78 is 0. The second-order valence-electron chi connectivity index (χ2n) is 5.29. The Kier molecular flexibility index (Phi) is 4.02. The molecule has 1 fully saturated rings. The molecule has 1 unspecified atom stereocenters. The zero-order valence-corrected chi connectivity index (χ0v) is 11.0. The lowest BCUT2D eigenvalue weighted by Gasteiger charge is -2.31. The third-order valence-corrected chi connectivity index (χ3v) is 3.85. The first-order chi connectivity index (χ1) is 8.66. The van der Waals surface area contributed by atoms with Crippen molar-refractivity contribution in [1.29, 1.82) is 0 Å². The summed E-state index contributed by atoms with van der Waals surface area (Å²) in [6.45, 7) is 2.93. The molecule has 0 radical (unpaired) electrons. The third kappa shape index (κ3) is 3.10. The highest BCUT2D eigenvalue weighted by molar-refractivity contribution is 5.85. The zero-order valence-electron chi connectivity index (χ0n) is 11.0. The van der Waals surface area contributed by atoms with E-state index >= 15 is 0 Å². The van der Waals surface area contributed by atoms with E-state index in [0.29, 0.717) is 6.42 Å². The van der Waals surface area contributed by atoms with Gasteiger partial charge in [0.25, 0.3) is 0 Å². The van der Waals surface area contributed by atoms with Crippen molar-refractivity contribution < 1.29 is 4.79 Å². The van der Waals surface area contributed by atoms with Crippen LogP contribution in [0, 0.1) is 5.92 Å². The van der Waals surface area contributed by atoms with Gasteiger partial charge in [-0.25, -0.2) is 0 Å². The van der Waals surface area contributed by atoms with Gasteiger partial charge in [0, 0.05) is 0 Å². The smallest absolute Gasteiger partial charge is 0.238 e. The number of benzene rings is 1. The molecule has 3 N–H and O–H groups in total. The van der Waals surface area contributed by atoms with Crippen molar-refractivity contribution in [3.8, 4) is 0 Å². The zero-order chi connectivity index (χ0) is 13.0. The minimum absolute atomic E-state index is 0.241. The van der Waals surface area contributed by atoms with Gasteiger partial charge >= 0.3 is 0 Å². The molecule has 3 heteroatoms. The Bertz CT molecular complexity index is 400. The number of primary amides is 1. The quantitative estimate of drug-likeness (QED) is 0.771. The summed E-state index contributed by atoms with van der Waals surface area (Å²) in [7, 11) is 0. The van der Waals surface area contributed by atoms with E-state index in [-0.39, 0.29) is 5.91 Å². The van der Waals surface area contributed by atoms with Crippen LogP contribution in [0.5, 0.6) is 0 Å². The summed E-state index contributed by atoms with van der Waals surface area (Å²) in [5, 5.41) is 3.42. The van der Waals surface area contributed by atoms with Crippen LogP contribution in [-0.2, 0) is 11.2 Å². The number of carbonyl (C=O) groups is 1.